The van der Waals surface area contributed by atoms with Crippen molar-refractivity contribution in [2.45, 2.75) is 31.8 Å². The third kappa shape index (κ3) is 3.37. The van der Waals surface area contributed by atoms with E-state index in [0.29, 0.717) is 53.6 Å². The molecule has 0 bridgehead atoms. The number of aryl methyl sites for hydroxylation is 1. The lowest BCUT2D eigenvalue weighted by atomic mass is 9.87. The van der Waals surface area contributed by atoms with Gasteiger partial charge in [0, 0.05) is 18.0 Å². The van der Waals surface area contributed by atoms with E-state index in [9.17, 15) is 4.79 Å². The van der Waals surface area contributed by atoms with Crippen LogP contribution in [0.5, 0.6) is 6.01 Å². The van der Waals surface area contributed by atoms with Crippen LogP contribution in [0.1, 0.15) is 25.7 Å². The average Bonchev–Trinajstić information content (AvgIpc) is 3.29. The molecule has 30 heavy (non-hydrogen) atoms. The molecule has 1 saturated carbocycles. The van der Waals surface area contributed by atoms with Crippen molar-refractivity contribution in [2.75, 3.05) is 0 Å². The van der Waals surface area contributed by atoms with Gasteiger partial charge in [-0.3, -0.25) is 9.48 Å². The summed E-state index contributed by atoms with van der Waals surface area (Å²) in [5, 5.41) is 14.9. The van der Waals surface area contributed by atoms with Gasteiger partial charge in [-0.2, -0.15) is 10.1 Å². The quantitative estimate of drug-likeness (QED) is 0.508. The second-order valence-corrected chi connectivity index (χ2v) is 8.11. The van der Waals surface area contributed by atoms with E-state index in [2.05, 4.69) is 20.1 Å². The van der Waals surface area contributed by atoms with E-state index in [0.717, 1.165) is 16.5 Å². The highest BCUT2D eigenvalue weighted by molar-refractivity contribution is 6.33. The minimum atomic E-state index is -0.729. The second-order valence-electron chi connectivity index (χ2n) is 7.70. The number of H-pyrrole nitrogens is 1. The molecule has 4 aromatic rings. The Balaban J connectivity index is 1.40. The van der Waals surface area contributed by atoms with Gasteiger partial charge in [0.2, 0.25) is 0 Å². The summed E-state index contributed by atoms with van der Waals surface area (Å²) >= 11 is 6.51. The van der Waals surface area contributed by atoms with Crippen LogP contribution < -0.4 is 4.74 Å². The number of hydrogen-bond acceptors (Lipinski definition) is 5. The van der Waals surface area contributed by atoms with E-state index >= 15 is 0 Å². The first-order valence-corrected chi connectivity index (χ1v) is 10.2. The molecule has 2 N–H and O–H groups in total. The molecule has 0 atom stereocenters. The molecule has 1 aromatic carbocycles. The number of hydrogen-bond donors (Lipinski definition) is 2. The largest absolute Gasteiger partial charge is 0.481 e. The normalized spacial score (nSPS) is 19.4. The van der Waals surface area contributed by atoms with E-state index < -0.39 is 5.97 Å². The summed E-state index contributed by atoms with van der Waals surface area (Å²) in [6.07, 6.45) is 4.38. The van der Waals surface area contributed by atoms with Crippen molar-refractivity contribution in [1.82, 2.24) is 24.7 Å². The number of nitrogens with zero attached hydrogens (tertiary/aromatic N) is 4. The fraction of sp³-hybridized carbons (Fsp3) is 0.333. The van der Waals surface area contributed by atoms with E-state index in [1.165, 1.54) is 0 Å². The monoisotopic (exact) mass is 425 g/mol. The van der Waals surface area contributed by atoms with Crippen molar-refractivity contribution >= 4 is 39.6 Å². The molecule has 3 heterocycles. The lowest BCUT2D eigenvalue weighted by Crippen LogP contribution is -2.28. The van der Waals surface area contributed by atoms with Crippen molar-refractivity contribution in [3.63, 3.8) is 0 Å². The summed E-state index contributed by atoms with van der Waals surface area (Å²) in [5.41, 5.74) is 3.79. The average molecular weight is 426 g/mol. The van der Waals surface area contributed by atoms with Gasteiger partial charge in [-0.1, -0.05) is 17.7 Å². The van der Waals surface area contributed by atoms with Gasteiger partial charge in [0.1, 0.15) is 6.10 Å². The van der Waals surface area contributed by atoms with E-state index in [1.807, 2.05) is 36.1 Å². The summed E-state index contributed by atoms with van der Waals surface area (Å²) in [6.45, 7) is 0. The molecule has 9 heteroatoms. The van der Waals surface area contributed by atoms with Crippen LogP contribution in [0.2, 0.25) is 5.02 Å². The molecule has 1 aliphatic rings. The third-order valence-corrected chi connectivity index (χ3v) is 6.01. The SMILES string of the molecule is Cn1ncc2cc(-c3nc4nc(OC5CCC(C(=O)O)CC5)[nH]c4cc3Cl)ccc21. The van der Waals surface area contributed by atoms with Crippen LogP contribution in [0.25, 0.3) is 33.3 Å². The molecule has 1 aliphatic carbocycles. The Labute approximate surface area is 176 Å². The predicted molar refractivity (Wildman–Crippen MR) is 113 cm³/mol. The summed E-state index contributed by atoms with van der Waals surface area (Å²) < 4.78 is 7.78. The number of aliphatic carboxylic acids is 1. The number of ether oxygens (including phenoxy) is 1. The first kappa shape index (κ1) is 18.9. The molecule has 8 nitrogen and oxygen atoms in total. The molecule has 0 aliphatic heterocycles. The Hall–Kier alpha value is -3.13. The van der Waals surface area contributed by atoms with Gasteiger partial charge in [0.15, 0.2) is 5.65 Å². The molecule has 1 fully saturated rings. The Morgan fingerprint density at radius 2 is 2.03 bits per heavy atom. The maximum Gasteiger partial charge on any atom is 0.306 e. The molecule has 0 amide bonds. The highest BCUT2D eigenvalue weighted by Gasteiger charge is 2.27. The van der Waals surface area contributed by atoms with E-state index in [1.54, 1.807) is 6.07 Å². The lowest BCUT2D eigenvalue weighted by molar-refractivity contribution is -0.143. The Bertz CT molecular complexity index is 1260. The van der Waals surface area contributed by atoms with Gasteiger partial charge in [-0.15, -0.1) is 0 Å². The van der Waals surface area contributed by atoms with Crippen molar-refractivity contribution in [1.29, 1.82) is 0 Å². The number of carbonyl (C=O) groups is 1. The fourth-order valence-corrected chi connectivity index (χ4v) is 4.31. The number of rotatable bonds is 4. The first-order valence-electron chi connectivity index (χ1n) is 9.86. The zero-order valence-electron chi connectivity index (χ0n) is 16.3. The molecule has 0 unspecified atom stereocenters. The molecular weight excluding hydrogens is 406 g/mol. The highest BCUT2D eigenvalue weighted by Crippen LogP contribution is 2.32. The maximum absolute atomic E-state index is 11.1. The van der Waals surface area contributed by atoms with Crippen LogP contribution in [-0.2, 0) is 11.8 Å². The van der Waals surface area contributed by atoms with Crippen molar-refractivity contribution < 1.29 is 14.6 Å². The summed E-state index contributed by atoms with van der Waals surface area (Å²) in [5.74, 6) is -1.01. The number of carboxylic acids is 1. The molecule has 5 rings (SSSR count). The molecule has 154 valence electrons. The van der Waals surface area contributed by atoms with Crippen LogP contribution in [0.3, 0.4) is 0 Å². The van der Waals surface area contributed by atoms with Crippen molar-refractivity contribution in [3.05, 3.63) is 35.5 Å². The maximum atomic E-state index is 11.1. The third-order valence-electron chi connectivity index (χ3n) is 5.73. The topological polar surface area (TPSA) is 106 Å². The standard InChI is InChI=1S/C21H20ClN5O3/c1-27-17-7-4-12(8-13(17)10-23-27)18-15(22)9-16-19(25-18)26-21(24-16)30-14-5-2-11(3-6-14)20(28)29/h4,7-11,14H,2-3,5-6H2,1H3,(H,28,29)(H,24,25,26). The number of benzene rings is 1. The second kappa shape index (κ2) is 7.28. The zero-order valence-corrected chi connectivity index (χ0v) is 17.1. The summed E-state index contributed by atoms with van der Waals surface area (Å²) in [7, 11) is 1.90. The van der Waals surface area contributed by atoms with Crippen LogP contribution in [0.15, 0.2) is 30.5 Å². The van der Waals surface area contributed by atoms with Gasteiger partial charge < -0.3 is 14.8 Å². The van der Waals surface area contributed by atoms with Gasteiger partial charge >= 0.3 is 5.97 Å². The smallest absolute Gasteiger partial charge is 0.306 e. The predicted octanol–water partition coefficient (Wildman–Crippen LogP) is 4.19. The molecular formula is C21H20ClN5O3. The summed E-state index contributed by atoms with van der Waals surface area (Å²) in [4.78, 5) is 23.3. The first-order chi connectivity index (χ1) is 14.5. The fourth-order valence-electron chi connectivity index (χ4n) is 4.05. The minimum Gasteiger partial charge on any atom is -0.481 e. The number of halogens is 1. The molecule has 0 radical (unpaired) electrons. The number of aromatic nitrogens is 5. The van der Waals surface area contributed by atoms with Crippen LogP contribution >= 0.6 is 11.6 Å². The number of nitrogens with one attached hydrogen (secondary N) is 1. The Morgan fingerprint density at radius 3 is 2.80 bits per heavy atom. The van der Waals surface area contributed by atoms with Crippen LogP contribution in [0.4, 0.5) is 0 Å². The molecule has 0 spiro atoms. The van der Waals surface area contributed by atoms with Gasteiger partial charge in [0.05, 0.1) is 33.9 Å². The van der Waals surface area contributed by atoms with E-state index in [-0.39, 0.29) is 12.0 Å². The van der Waals surface area contributed by atoms with Gasteiger partial charge in [0.25, 0.3) is 6.01 Å². The number of imidazole rings is 1. The van der Waals surface area contributed by atoms with Crippen LogP contribution in [0, 0.1) is 5.92 Å². The Morgan fingerprint density at radius 1 is 1.23 bits per heavy atom. The van der Waals surface area contributed by atoms with Crippen molar-refractivity contribution in [3.8, 4) is 17.3 Å². The number of carboxylic acid groups (broad SMARTS) is 1. The number of pyridine rings is 1. The molecule has 0 saturated heterocycles. The number of fused-ring (bicyclic) bond motifs is 2. The Kier molecular flexibility index (Phi) is 4.58. The zero-order chi connectivity index (χ0) is 20.8. The minimum absolute atomic E-state index is 0.0518. The molecule has 3 aromatic heterocycles. The van der Waals surface area contributed by atoms with Gasteiger partial charge in [-0.25, -0.2) is 4.98 Å². The van der Waals surface area contributed by atoms with Crippen LogP contribution in [-0.4, -0.2) is 41.9 Å². The van der Waals surface area contributed by atoms with Crippen molar-refractivity contribution in [2.24, 2.45) is 13.0 Å². The summed E-state index contributed by atoms with van der Waals surface area (Å²) in [6, 6.07) is 8.15. The highest BCUT2D eigenvalue weighted by atomic mass is 35.5. The van der Waals surface area contributed by atoms with E-state index in [4.69, 9.17) is 21.4 Å². The number of aromatic amines is 1. The lowest BCUT2D eigenvalue weighted by Gasteiger charge is -2.25. The van der Waals surface area contributed by atoms with Gasteiger partial charge in [-0.05, 0) is 43.9 Å².